The number of alkyl halides is 3. The second-order valence-electron chi connectivity index (χ2n) is 9.21. The number of carbonyl (C=O) groups is 1. The lowest BCUT2D eigenvalue weighted by Gasteiger charge is -2.45. The SMILES string of the molecule is N#CCc1cccc(C(=O)NC2CC3(CCN(c4ncnc5sc(CC(F)(F)F)cc45)C3)C2)c1.[HH]. The van der Waals surface area contributed by atoms with Crippen molar-refractivity contribution < 1.29 is 19.4 Å². The van der Waals surface area contributed by atoms with Gasteiger partial charge in [0.1, 0.15) is 17.0 Å². The van der Waals surface area contributed by atoms with E-state index < -0.39 is 12.6 Å². The Morgan fingerprint density at radius 3 is 2.91 bits per heavy atom. The number of amides is 1. The Morgan fingerprint density at radius 2 is 2.15 bits per heavy atom. The summed E-state index contributed by atoms with van der Waals surface area (Å²) in [5, 5.41) is 12.6. The van der Waals surface area contributed by atoms with Gasteiger partial charge in [0.2, 0.25) is 0 Å². The number of hydrogen-bond donors (Lipinski definition) is 1. The fraction of sp³-hybridized carbons (Fsp3) is 0.417. The van der Waals surface area contributed by atoms with Crippen molar-refractivity contribution in [1.82, 2.24) is 15.3 Å². The van der Waals surface area contributed by atoms with Crippen LogP contribution >= 0.6 is 11.3 Å². The Kier molecular flexibility index (Phi) is 5.68. The highest BCUT2D eigenvalue weighted by molar-refractivity contribution is 7.18. The first-order valence-corrected chi connectivity index (χ1v) is 11.9. The van der Waals surface area contributed by atoms with Crippen LogP contribution in [0.2, 0.25) is 0 Å². The molecule has 1 aliphatic heterocycles. The first-order valence-electron chi connectivity index (χ1n) is 11.1. The summed E-state index contributed by atoms with van der Waals surface area (Å²) in [6.45, 7) is 1.53. The van der Waals surface area contributed by atoms with Crippen LogP contribution in [0.4, 0.5) is 19.0 Å². The van der Waals surface area contributed by atoms with E-state index in [0.717, 1.165) is 49.3 Å². The lowest BCUT2D eigenvalue weighted by molar-refractivity contribution is -0.126. The maximum absolute atomic E-state index is 12.8. The summed E-state index contributed by atoms with van der Waals surface area (Å²) in [6.07, 6.45) is -0.883. The van der Waals surface area contributed by atoms with Crippen molar-refractivity contribution in [3.63, 3.8) is 0 Å². The molecule has 10 heteroatoms. The molecule has 1 saturated carbocycles. The van der Waals surface area contributed by atoms with Gasteiger partial charge in [0, 0.05) is 31.0 Å². The van der Waals surface area contributed by atoms with Gasteiger partial charge >= 0.3 is 6.18 Å². The fourth-order valence-corrected chi connectivity index (χ4v) is 6.17. The predicted octanol–water partition coefficient (Wildman–Crippen LogP) is 4.90. The number of halogens is 3. The van der Waals surface area contributed by atoms with Crippen LogP contribution in [0.15, 0.2) is 36.7 Å². The molecule has 34 heavy (non-hydrogen) atoms. The first-order chi connectivity index (χ1) is 16.2. The minimum atomic E-state index is -4.26. The molecule has 2 fully saturated rings. The number of aromatic nitrogens is 2. The highest BCUT2D eigenvalue weighted by atomic mass is 32.1. The third-order valence-corrected chi connectivity index (χ3v) is 7.68. The van der Waals surface area contributed by atoms with E-state index in [1.165, 1.54) is 6.33 Å². The Morgan fingerprint density at radius 1 is 1.32 bits per heavy atom. The molecule has 2 aromatic heterocycles. The Bertz CT molecular complexity index is 1280. The summed E-state index contributed by atoms with van der Waals surface area (Å²) >= 11 is 1.06. The molecule has 1 aromatic carbocycles. The third kappa shape index (κ3) is 4.57. The summed E-state index contributed by atoms with van der Waals surface area (Å²) in [4.78, 5) is 24.2. The largest absolute Gasteiger partial charge is 0.393 e. The van der Waals surface area contributed by atoms with Gasteiger partial charge in [0.25, 0.3) is 5.91 Å². The molecule has 0 atom stereocenters. The average molecular weight is 488 g/mol. The maximum atomic E-state index is 12.8. The monoisotopic (exact) mass is 487 g/mol. The van der Waals surface area contributed by atoms with Crippen molar-refractivity contribution in [3.8, 4) is 6.07 Å². The quantitative estimate of drug-likeness (QED) is 0.554. The minimum absolute atomic E-state index is 0. The number of benzene rings is 1. The molecule has 1 saturated heterocycles. The topological polar surface area (TPSA) is 81.9 Å². The molecule has 3 aromatic rings. The number of fused-ring (bicyclic) bond motifs is 1. The number of nitrogens with zero attached hydrogens (tertiary/aromatic N) is 4. The number of nitrogens with one attached hydrogen (secondary N) is 1. The lowest BCUT2D eigenvalue weighted by atomic mass is 9.65. The van der Waals surface area contributed by atoms with Crippen molar-refractivity contribution in [2.45, 2.75) is 44.3 Å². The van der Waals surface area contributed by atoms with Crippen molar-refractivity contribution in [1.29, 1.82) is 5.26 Å². The van der Waals surface area contributed by atoms with Gasteiger partial charge in [-0.15, -0.1) is 11.3 Å². The molecule has 0 radical (unpaired) electrons. The van der Waals surface area contributed by atoms with E-state index in [1.54, 1.807) is 24.3 Å². The van der Waals surface area contributed by atoms with Crippen LogP contribution in [0.3, 0.4) is 0 Å². The van der Waals surface area contributed by atoms with Crippen LogP contribution in [-0.2, 0) is 12.8 Å². The van der Waals surface area contributed by atoms with Gasteiger partial charge in [0.15, 0.2) is 0 Å². The highest BCUT2D eigenvalue weighted by Crippen LogP contribution is 2.49. The number of nitriles is 1. The molecule has 1 spiro atoms. The Balaban J connectivity index is 0.00000289. The molecule has 1 N–H and O–H groups in total. The van der Waals surface area contributed by atoms with E-state index in [9.17, 15) is 18.0 Å². The van der Waals surface area contributed by atoms with Gasteiger partial charge in [-0.3, -0.25) is 4.79 Å². The first kappa shape index (κ1) is 22.6. The molecular weight excluding hydrogens is 463 g/mol. The average Bonchev–Trinajstić information content (AvgIpc) is 3.36. The zero-order valence-electron chi connectivity index (χ0n) is 18.2. The normalized spacial score (nSPS) is 22.1. The van der Waals surface area contributed by atoms with Crippen molar-refractivity contribution in [2.24, 2.45) is 5.41 Å². The zero-order valence-corrected chi connectivity index (χ0v) is 19.0. The maximum Gasteiger partial charge on any atom is 0.393 e. The number of carbonyl (C=O) groups excluding carboxylic acids is 1. The molecular formula is C24H24F3N5OS. The van der Waals surface area contributed by atoms with E-state index in [2.05, 4.69) is 26.3 Å². The minimum Gasteiger partial charge on any atom is -0.355 e. The zero-order chi connectivity index (χ0) is 23.9. The number of anilines is 1. The molecule has 5 rings (SSSR count). The van der Waals surface area contributed by atoms with E-state index in [4.69, 9.17) is 5.26 Å². The van der Waals surface area contributed by atoms with Crippen LogP contribution in [0.5, 0.6) is 0 Å². The Labute approximate surface area is 199 Å². The summed E-state index contributed by atoms with van der Waals surface area (Å²) in [5.74, 6) is 0.552. The van der Waals surface area contributed by atoms with Crippen LogP contribution in [0.1, 0.15) is 41.5 Å². The van der Waals surface area contributed by atoms with Gasteiger partial charge < -0.3 is 10.2 Å². The van der Waals surface area contributed by atoms with Gasteiger partial charge in [-0.05, 0) is 48.4 Å². The second-order valence-corrected chi connectivity index (χ2v) is 10.3. The van der Waals surface area contributed by atoms with E-state index in [0.29, 0.717) is 21.6 Å². The molecule has 3 heterocycles. The highest BCUT2D eigenvalue weighted by Gasteiger charge is 2.49. The summed E-state index contributed by atoms with van der Waals surface area (Å²) in [6, 6.07) is 10.8. The number of rotatable bonds is 5. The van der Waals surface area contributed by atoms with Crippen LogP contribution in [0, 0.1) is 16.7 Å². The predicted molar refractivity (Wildman–Crippen MR) is 125 cm³/mol. The van der Waals surface area contributed by atoms with Gasteiger partial charge in [0.05, 0.1) is 24.3 Å². The van der Waals surface area contributed by atoms with Crippen molar-refractivity contribution in [3.05, 3.63) is 52.7 Å². The molecule has 0 bridgehead atoms. The summed E-state index contributed by atoms with van der Waals surface area (Å²) in [5.41, 5.74) is 1.44. The second kappa shape index (κ2) is 8.55. The van der Waals surface area contributed by atoms with E-state index >= 15 is 0 Å². The van der Waals surface area contributed by atoms with E-state index in [-0.39, 0.29) is 30.1 Å². The van der Waals surface area contributed by atoms with Crippen molar-refractivity contribution in [2.75, 3.05) is 18.0 Å². The number of thiophene rings is 1. The summed E-state index contributed by atoms with van der Waals surface area (Å²) < 4.78 is 38.5. The van der Waals surface area contributed by atoms with Crippen molar-refractivity contribution >= 4 is 33.3 Å². The Hall–Kier alpha value is -3.19. The third-order valence-electron chi connectivity index (χ3n) is 6.64. The van der Waals surface area contributed by atoms with Gasteiger partial charge in [-0.25, -0.2) is 9.97 Å². The van der Waals surface area contributed by atoms with Gasteiger partial charge in [-0.1, -0.05) is 12.1 Å². The smallest absolute Gasteiger partial charge is 0.355 e. The molecule has 178 valence electrons. The fourth-order valence-electron chi connectivity index (χ4n) is 5.15. The molecule has 1 amide bonds. The molecule has 0 unspecified atom stereocenters. The van der Waals surface area contributed by atoms with Crippen LogP contribution in [-0.4, -0.2) is 41.2 Å². The van der Waals surface area contributed by atoms with E-state index in [1.807, 2.05) is 6.07 Å². The molecule has 2 aliphatic rings. The molecule has 1 aliphatic carbocycles. The summed E-state index contributed by atoms with van der Waals surface area (Å²) in [7, 11) is 0. The van der Waals surface area contributed by atoms with Gasteiger partial charge in [-0.2, -0.15) is 18.4 Å². The lowest BCUT2D eigenvalue weighted by Crippen LogP contribution is -2.52. The standard InChI is InChI=1S/C24H22F3N5OS.H2/c25-24(26,27)12-18-9-19-20(29-14-30-22(19)34-18)32-7-5-23(13-32)10-17(11-23)31-21(33)16-3-1-2-15(8-16)4-6-28;/h1-3,8-9,14,17H,4-5,7,10-13H2,(H,31,33);1H. The van der Waals surface area contributed by atoms with Crippen LogP contribution < -0.4 is 10.2 Å². The number of hydrogen-bond acceptors (Lipinski definition) is 6. The molecule has 6 nitrogen and oxygen atoms in total. The van der Waals surface area contributed by atoms with Crippen LogP contribution in [0.25, 0.3) is 10.2 Å².